The summed E-state index contributed by atoms with van der Waals surface area (Å²) >= 11 is 6.10. The molecule has 0 spiro atoms. The highest BCUT2D eigenvalue weighted by atomic mass is 35.5. The van der Waals surface area contributed by atoms with Gasteiger partial charge in [0.2, 0.25) is 0 Å². The summed E-state index contributed by atoms with van der Waals surface area (Å²) in [6, 6.07) is 2.98. The molecule has 0 aromatic heterocycles. The van der Waals surface area contributed by atoms with Gasteiger partial charge in [0.1, 0.15) is 11.6 Å². The number of hydrogen-bond donors (Lipinski definition) is 1. The third-order valence-electron chi connectivity index (χ3n) is 3.28. The summed E-state index contributed by atoms with van der Waals surface area (Å²) in [5.41, 5.74) is 6.39. The molecule has 2 N–H and O–H groups in total. The molecule has 1 aromatic rings. The van der Waals surface area contributed by atoms with E-state index in [0.717, 1.165) is 6.42 Å². The van der Waals surface area contributed by atoms with E-state index in [1.54, 1.807) is 6.07 Å². The van der Waals surface area contributed by atoms with Gasteiger partial charge in [0.05, 0.1) is 11.6 Å². The first kappa shape index (κ1) is 16.5. The van der Waals surface area contributed by atoms with E-state index in [0.29, 0.717) is 35.3 Å². The molecule has 108 valence electrons. The quantitative estimate of drug-likeness (QED) is 0.863. The van der Waals surface area contributed by atoms with Crippen molar-refractivity contribution in [2.75, 3.05) is 6.61 Å². The van der Waals surface area contributed by atoms with Crippen LogP contribution in [0.2, 0.25) is 5.02 Å². The minimum Gasteiger partial charge on any atom is -0.492 e. The maximum Gasteiger partial charge on any atom is 0.140 e. The Hall–Kier alpha value is -0.510. The fourth-order valence-electron chi connectivity index (χ4n) is 1.76. The van der Waals surface area contributed by atoms with Crippen LogP contribution in [0.3, 0.4) is 0 Å². The first-order chi connectivity index (χ1) is 8.60. The van der Waals surface area contributed by atoms with Crippen molar-refractivity contribution in [2.45, 2.75) is 38.6 Å². The number of ether oxygens (including phenoxy) is 1. The molecule has 0 radical (unpaired) electrons. The fourth-order valence-corrected chi connectivity index (χ4v) is 2.00. The molecule has 0 aliphatic heterocycles. The van der Waals surface area contributed by atoms with Crippen molar-refractivity contribution in [3.63, 3.8) is 0 Å². The van der Waals surface area contributed by atoms with Gasteiger partial charge < -0.3 is 10.5 Å². The molecular weight excluding hydrogens is 288 g/mol. The van der Waals surface area contributed by atoms with Gasteiger partial charge in [-0.2, -0.15) is 0 Å². The highest BCUT2D eigenvalue weighted by Crippen LogP contribution is 2.33. The number of benzene rings is 1. The van der Waals surface area contributed by atoms with Crippen LogP contribution in [-0.2, 0) is 6.42 Å². The molecule has 5 heteroatoms. The molecule has 2 rings (SSSR count). The van der Waals surface area contributed by atoms with Gasteiger partial charge in [-0.15, -0.1) is 12.4 Å². The Bertz CT molecular complexity index is 424. The molecule has 1 aromatic carbocycles. The molecule has 1 aliphatic rings. The van der Waals surface area contributed by atoms with E-state index in [9.17, 15) is 4.39 Å². The molecule has 1 aliphatic carbocycles. The summed E-state index contributed by atoms with van der Waals surface area (Å²) in [6.07, 6.45) is 3.72. The van der Waals surface area contributed by atoms with Crippen molar-refractivity contribution >= 4 is 24.0 Å². The first-order valence-electron chi connectivity index (χ1n) is 6.46. The Morgan fingerprint density at radius 2 is 2.16 bits per heavy atom. The molecular formula is C14H20Cl2FNO. The summed E-state index contributed by atoms with van der Waals surface area (Å²) in [5.74, 6) is 0.779. The van der Waals surface area contributed by atoms with Gasteiger partial charge in [0.25, 0.3) is 0 Å². The van der Waals surface area contributed by atoms with E-state index in [1.165, 1.54) is 18.9 Å². The van der Waals surface area contributed by atoms with Crippen molar-refractivity contribution in [1.82, 2.24) is 0 Å². The zero-order chi connectivity index (χ0) is 13.1. The van der Waals surface area contributed by atoms with E-state index in [-0.39, 0.29) is 24.3 Å². The van der Waals surface area contributed by atoms with Gasteiger partial charge in [-0.25, -0.2) is 4.39 Å². The smallest absolute Gasteiger partial charge is 0.140 e. The second-order valence-corrected chi connectivity index (χ2v) is 5.41. The molecule has 0 heterocycles. The normalized spacial score (nSPS) is 15.8. The third kappa shape index (κ3) is 4.83. The summed E-state index contributed by atoms with van der Waals surface area (Å²) in [6.45, 7) is 2.62. The predicted octanol–water partition coefficient (Wildman–Crippen LogP) is 3.97. The molecule has 0 saturated heterocycles. The van der Waals surface area contributed by atoms with Crippen LogP contribution in [0, 0.1) is 11.7 Å². The van der Waals surface area contributed by atoms with E-state index in [4.69, 9.17) is 22.1 Å². The standard InChI is InChI=1S/C14H19ClFNO.ClH/c1-2-11(17)5-10-6-12(15)14(7-13(10)16)18-8-9-3-4-9;/h6-7,9,11H,2-5,8,17H2,1H3;1H. The topological polar surface area (TPSA) is 35.2 Å². The highest BCUT2D eigenvalue weighted by Gasteiger charge is 2.22. The van der Waals surface area contributed by atoms with Crippen LogP contribution in [0.25, 0.3) is 0 Å². The van der Waals surface area contributed by atoms with E-state index < -0.39 is 0 Å². The molecule has 1 saturated carbocycles. The zero-order valence-corrected chi connectivity index (χ0v) is 12.6. The van der Waals surface area contributed by atoms with Crippen molar-refractivity contribution in [3.8, 4) is 5.75 Å². The van der Waals surface area contributed by atoms with Crippen LogP contribution in [0.15, 0.2) is 12.1 Å². The summed E-state index contributed by atoms with van der Waals surface area (Å²) < 4.78 is 19.4. The molecule has 1 fully saturated rings. The van der Waals surface area contributed by atoms with Crippen LogP contribution in [0.1, 0.15) is 31.7 Å². The maximum absolute atomic E-state index is 13.9. The van der Waals surface area contributed by atoms with Crippen LogP contribution in [-0.4, -0.2) is 12.6 Å². The lowest BCUT2D eigenvalue weighted by atomic mass is 10.0. The number of nitrogens with two attached hydrogens (primary N) is 1. The van der Waals surface area contributed by atoms with E-state index in [1.807, 2.05) is 6.92 Å². The van der Waals surface area contributed by atoms with Gasteiger partial charge >= 0.3 is 0 Å². The molecule has 0 amide bonds. The number of halogens is 3. The second kappa shape index (κ2) is 7.32. The summed E-state index contributed by atoms with van der Waals surface area (Å²) in [5, 5.41) is 0.468. The van der Waals surface area contributed by atoms with Gasteiger partial charge in [-0.1, -0.05) is 18.5 Å². The van der Waals surface area contributed by atoms with Crippen molar-refractivity contribution < 1.29 is 9.13 Å². The summed E-state index contributed by atoms with van der Waals surface area (Å²) in [7, 11) is 0. The minimum atomic E-state index is -0.283. The molecule has 1 unspecified atom stereocenters. The SMILES string of the molecule is CCC(N)Cc1cc(Cl)c(OCC2CC2)cc1F.Cl. The van der Waals surface area contributed by atoms with Crippen molar-refractivity contribution in [1.29, 1.82) is 0 Å². The Kier molecular flexibility index (Phi) is 6.37. The number of hydrogen-bond acceptors (Lipinski definition) is 2. The lowest BCUT2D eigenvalue weighted by Gasteiger charge is -2.13. The zero-order valence-electron chi connectivity index (χ0n) is 11.0. The Balaban J connectivity index is 0.00000180. The largest absolute Gasteiger partial charge is 0.492 e. The van der Waals surface area contributed by atoms with Crippen molar-refractivity contribution in [2.24, 2.45) is 11.7 Å². The number of rotatable bonds is 6. The predicted molar refractivity (Wildman–Crippen MR) is 78.8 cm³/mol. The van der Waals surface area contributed by atoms with Gasteiger partial charge in [0, 0.05) is 12.1 Å². The van der Waals surface area contributed by atoms with Gasteiger partial charge in [-0.3, -0.25) is 0 Å². The summed E-state index contributed by atoms with van der Waals surface area (Å²) in [4.78, 5) is 0. The molecule has 1 atom stereocenters. The van der Waals surface area contributed by atoms with Crippen LogP contribution >= 0.6 is 24.0 Å². The molecule has 2 nitrogen and oxygen atoms in total. The Morgan fingerprint density at radius 3 is 2.74 bits per heavy atom. The lowest BCUT2D eigenvalue weighted by molar-refractivity contribution is 0.298. The van der Waals surface area contributed by atoms with Crippen molar-refractivity contribution in [3.05, 3.63) is 28.5 Å². The minimum absolute atomic E-state index is 0. The highest BCUT2D eigenvalue weighted by molar-refractivity contribution is 6.32. The average molecular weight is 308 g/mol. The lowest BCUT2D eigenvalue weighted by Crippen LogP contribution is -2.22. The second-order valence-electron chi connectivity index (χ2n) is 5.00. The Morgan fingerprint density at radius 1 is 1.47 bits per heavy atom. The monoisotopic (exact) mass is 307 g/mol. The van der Waals surface area contributed by atoms with Gasteiger partial charge in [-0.05, 0) is 43.2 Å². The van der Waals surface area contributed by atoms with E-state index in [2.05, 4.69) is 0 Å². The average Bonchev–Trinajstić information content (AvgIpc) is 3.15. The van der Waals surface area contributed by atoms with E-state index >= 15 is 0 Å². The van der Waals surface area contributed by atoms with Crippen LogP contribution in [0.5, 0.6) is 5.75 Å². The van der Waals surface area contributed by atoms with Crippen LogP contribution in [0.4, 0.5) is 4.39 Å². The maximum atomic E-state index is 13.9. The molecule has 0 bridgehead atoms. The van der Waals surface area contributed by atoms with Crippen LogP contribution < -0.4 is 10.5 Å². The third-order valence-corrected chi connectivity index (χ3v) is 3.57. The molecule has 19 heavy (non-hydrogen) atoms. The fraction of sp³-hybridized carbons (Fsp3) is 0.571. The Labute approximate surface area is 124 Å². The first-order valence-corrected chi connectivity index (χ1v) is 6.84. The van der Waals surface area contributed by atoms with Gasteiger partial charge in [0.15, 0.2) is 0 Å².